The summed E-state index contributed by atoms with van der Waals surface area (Å²) >= 11 is 1.02. The first kappa shape index (κ1) is 27.7. The van der Waals surface area contributed by atoms with Crippen LogP contribution >= 0.6 is 11.8 Å². The van der Waals surface area contributed by atoms with Crippen LogP contribution in [0.3, 0.4) is 0 Å². The number of rotatable bonds is 8. The van der Waals surface area contributed by atoms with E-state index in [1.807, 2.05) is 0 Å². The Balaban J connectivity index is 1.33. The first-order chi connectivity index (χ1) is 19.6. The molecule has 208 valence electrons. The van der Waals surface area contributed by atoms with Crippen LogP contribution in [-0.2, 0) is 22.3 Å². The van der Waals surface area contributed by atoms with E-state index < -0.39 is 35.3 Å². The number of nitrogens with one attached hydrogen (secondary N) is 2. The highest BCUT2D eigenvalue weighted by atomic mass is 32.2. The maximum atomic E-state index is 13.4. The van der Waals surface area contributed by atoms with Crippen LogP contribution < -0.4 is 10.6 Å². The van der Waals surface area contributed by atoms with Gasteiger partial charge in [-0.3, -0.25) is 19.3 Å². The Morgan fingerprint density at radius 1 is 0.854 bits per heavy atom. The van der Waals surface area contributed by atoms with Gasteiger partial charge in [-0.2, -0.15) is 13.2 Å². The molecule has 0 radical (unpaired) electrons. The molecule has 0 fully saturated rings. The summed E-state index contributed by atoms with van der Waals surface area (Å²) in [5.74, 6) is -1.79. The standard InChI is InChI=1S/C29H19F4N3O4S/c30-19-7-9-20(10-8-19)34-24-25(28(39)36(27(24)38)16-22-2-1-15-40-22)41-23-13-11-21(12-14-23)35-26(37)17-3-5-18(6-4-17)29(31,32)33/h1-15,34H,16H2,(H,35,37). The Morgan fingerprint density at radius 3 is 2.12 bits per heavy atom. The van der Waals surface area contributed by atoms with E-state index in [2.05, 4.69) is 10.6 Å². The number of carbonyl (C=O) groups is 3. The number of thioether (sulfide) groups is 1. The van der Waals surface area contributed by atoms with E-state index in [9.17, 15) is 31.9 Å². The first-order valence-corrected chi connectivity index (χ1v) is 12.8. The fourth-order valence-corrected chi connectivity index (χ4v) is 4.82. The number of halogens is 4. The fourth-order valence-electron chi connectivity index (χ4n) is 3.88. The van der Waals surface area contributed by atoms with Gasteiger partial charge in [-0.25, -0.2) is 4.39 Å². The van der Waals surface area contributed by atoms with E-state index in [0.29, 0.717) is 22.0 Å². The maximum absolute atomic E-state index is 13.4. The summed E-state index contributed by atoms with van der Waals surface area (Å²) in [7, 11) is 0. The van der Waals surface area contributed by atoms with Gasteiger partial charge in [-0.1, -0.05) is 11.8 Å². The summed E-state index contributed by atoms with van der Waals surface area (Å²) in [6.07, 6.45) is -3.08. The molecular weight excluding hydrogens is 562 g/mol. The number of hydrogen-bond acceptors (Lipinski definition) is 6. The molecule has 7 nitrogen and oxygen atoms in total. The van der Waals surface area contributed by atoms with Crippen molar-refractivity contribution in [2.45, 2.75) is 17.6 Å². The largest absolute Gasteiger partial charge is 0.467 e. The second kappa shape index (κ2) is 11.3. The lowest BCUT2D eigenvalue weighted by Crippen LogP contribution is -2.31. The summed E-state index contributed by atoms with van der Waals surface area (Å²) in [4.78, 5) is 40.7. The SMILES string of the molecule is O=C(Nc1ccc(SC2=C(Nc3ccc(F)cc3)C(=O)N(Cc3ccco3)C2=O)cc1)c1ccc(C(F)(F)F)cc1. The number of alkyl halides is 3. The van der Waals surface area contributed by atoms with Crippen LogP contribution in [-0.4, -0.2) is 22.6 Å². The molecule has 2 heterocycles. The number of nitrogens with zero attached hydrogens (tertiary/aromatic N) is 1. The zero-order valence-electron chi connectivity index (χ0n) is 20.9. The minimum atomic E-state index is -4.51. The van der Waals surface area contributed by atoms with Crippen LogP contribution in [0.25, 0.3) is 0 Å². The van der Waals surface area contributed by atoms with Crippen LogP contribution in [0, 0.1) is 5.82 Å². The molecule has 2 N–H and O–H groups in total. The van der Waals surface area contributed by atoms with Crippen molar-refractivity contribution in [2.24, 2.45) is 0 Å². The third-order valence-corrected chi connectivity index (χ3v) is 7.03. The quantitative estimate of drug-likeness (QED) is 0.178. The van der Waals surface area contributed by atoms with E-state index in [-0.39, 0.29) is 22.7 Å². The number of benzene rings is 3. The van der Waals surface area contributed by atoms with Gasteiger partial charge in [0.1, 0.15) is 22.2 Å². The Bertz CT molecular complexity index is 1620. The summed E-state index contributed by atoms with van der Waals surface area (Å²) < 4.78 is 57.0. The number of carbonyl (C=O) groups excluding carboxylic acids is 3. The van der Waals surface area contributed by atoms with Crippen molar-refractivity contribution in [2.75, 3.05) is 10.6 Å². The fraction of sp³-hybridized carbons (Fsp3) is 0.0690. The topological polar surface area (TPSA) is 91.7 Å². The van der Waals surface area contributed by atoms with Gasteiger partial charge in [0.25, 0.3) is 17.7 Å². The average molecular weight is 582 g/mol. The van der Waals surface area contributed by atoms with Crippen molar-refractivity contribution in [3.05, 3.63) is 124 Å². The molecule has 0 aliphatic carbocycles. The molecule has 12 heteroatoms. The van der Waals surface area contributed by atoms with E-state index in [1.165, 1.54) is 30.5 Å². The molecule has 41 heavy (non-hydrogen) atoms. The Morgan fingerprint density at radius 2 is 1.51 bits per heavy atom. The van der Waals surface area contributed by atoms with E-state index >= 15 is 0 Å². The Labute approximate surface area is 234 Å². The molecule has 1 aliphatic rings. The monoisotopic (exact) mass is 581 g/mol. The maximum Gasteiger partial charge on any atom is 0.416 e. The molecule has 0 saturated carbocycles. The lowest BCUT2D eigenvalue weighted by atomic mass is 10.1. The van der Waals surface area contributed by atoms with Crippen LogP contribution in [0.1, 0.15) is 21.7 Å². The lowest BCUT2D eigenvalue weighted by Gasteiger charge is -2.13. The van der Waals surface area contributed by atoms with Crippen molar-refractivity contribution in [1.82, 2.24) is 4.90 Å². The van der Waals surface area contributed by atoms with Gasteiger partial charge >= 0.3 is 6.18 Å². The number of anilines is 2. The predicted molar refractivity (Wildman–Crippen MR) is 143 cm³/mol. The molecule has 0 saturated heterocycles. The third-order valence-electron chi connectivity index (χ3n) is 5.94. The molecule has 5 rings (SSSR count). The third kappa shape index (κ3) is 6.33. The van der Waals surface area contributed by atoms with Gasteiger partial charge < -0.3 is 15.1 Å². The minimum absolute atomic E-state index is 0.0119. The van der Waals surface area contributed by atoms with E-state index in [4.69, 9.17) is 4.42 Å². The van der Waals surface area contributed by atoms with Gasteiger partial charge in [-0.05, 0) is 84.9 Å². The smallest absolute Gasteiger partial charge is 0.416 e. The highest BCUT2D eigenvalue weighted by Gasteiger charge is 2.39. The Kier molecular flexibility index (Phi) is 7.66. The first-order valence-electron chi connectivity index (χ1n) is 12.0. The number of furan rings is 1. The minimum Gasteiger partial charge on any atom is -0.467 e. The zero-order chi connectivity index (χ0) is 29.1. The molecule has 3 aromatic carbocycles. The van der Waals surface area contributed by atoms with Gasteiger partial charge in [0.2, 0.25) is 0 Å². The predicted octanol–water partition coefficient (Wildman–Crippen LogP) is 6.67. The highest BCUT2D eigenvalue weighted by Crippen LogP contribution is 2.37. The summed E-state index contributed by atoms with van der Waals surface area (Å²) in [6.45, 7) is -0.0851. The number of hydrogen-bond donors (Lipinski definition) is 2. The molecule has 0 spiro atoms. The van der Waals surface area contributed by atoms with Gasteiger partial charge in [0.15, 0.2) is 0 Å². The molecule has 4 aromatic rings. The second-order valence-electron chi connectivity index (χ2n) is 8.77. The van der Waals surface area contributed by atoms with Crippen LogP contribution in [0.15, 0.2) is 111 Å². The summed E-state index contributed by atoms with van der Waals surface area (Å²) in [5.41, 5.74) is -0.0312. The summed E-state index contributed by atoms with van der Waals surface area (Å²) in [6, 6.07) is 18.7. The van der Waals surface area contributed by atoms with Crippen molar-refractivity contribution >= 4 is 40.9 Å². The lowest BCUT2D eigenvalue weighted by molar-refractivity contribution is -0.139. The van der Waals surface area contributed by atoms with Crippen molar-refractivity contribution in [3.63, 3.8) is 0 Å². The van der Waals surface area contributed by atoms with Crippen LogP contribution in [0.4, 0.5) is 28.9 Å². The highest BCUT2D eigenvalue weighted by molar-refractivity contribution is 8.04. The molecule has 1 aliphatic heterocycles. The second-order valence-corrected chi connectivity index (χ2v) is 9.85. The van der Waals surface area contributed by atoms with Crippen LogP contribution in [0.5, 0.6) is 0 Å². The molecular formula is C29H19F4N3O4S. The zero-order valence-corrected chi connectivity index (χ0v) is 21.7. The molecule has 3 amide bonds. The summed E-state index contributed by atoms with van der Waals surface area (Å²) in [5, 5.41) is 5.53. The molecule has 0 atom stereocenters. The molecule has 0 bridgehead atoms. The average Bonchev–Trinajstić information content (AvgIpc) is 3.54. The molecule has 0 unspecified atom stereocenters. The number of imide groups is 1. The molecule has 1 aromatic heterocycles. The van der Waals surface area contributed by atoms with E-state index in [1.54, 1.807) is 36.4 Å². The normalized spacial score (nSPS) is 13.6. The van der Waals surface area contributed by atoms with E-state index in [0.717, 1.165) is 40.9 Å². The van der Waals surface area contributed by atoms with Crippen molar-refractivity contribution in [1.29, 1.82) is 0 Å². The van der Waals surface area contributed by atoms with Gasteiger partial charge in [0.05, 0.1) is 18.4 Å². The Hall–Kier alpha value is -4.84. The van der Waals surface area contributed by atoms with Crippen molar-refractivity contribution < 1.29 is 36.4 Å². The van der Waals surface area contributed by atoms with Crippen molar-refractivity contribution in [3.8, 4) is 0 Å². The van der Waals surface area contributed by atoms with Gasteiger partial charge in [0, 0.05) is 21.8 Å². The van der Waals surface area contributed by atoms with Gasteiger partial charge in [-0.15, -0.1) is 0 Å². The number of amides is 3. The van der Waals surface area contributed by atoms with Crippen LogP contribution in [0.2, 0.25) is 0 Å².